The molecule has 0 atom stereocenters. The van der Waals surface area contributed by atoms with Crippen LogP contribution in [0, 0.1) is 24.1 Å². The number of nitriles is 1. The summed E-state index contributed by atoms with van der Waals surface area (Å²) in [5.41, 5.74) is 6.70. The average Bonchev–Trinajstić information content (AvgIpc) is 2.63. The van der Waals surface area contributed by atoms with E-state index in [0.29, 0.717) is 22.6 Å². The molecule has 0 aliphatic rings. The van der Waals surface area contributed by atoms with E-state index in [1.807, 2.05) is 6.07 Å². The van der Waals surface area contributed by atoms with E-state index >= 15 is 0 Å². The Morgan fingerprint density at radius 1 is 1.44 bits per heavy atom. The van der Waals surface area contributed by atoms with Gasteiger partial charge in [-0.1, -0.05) is 0 Å². The minimum Gasteiger partial charge on any atom is -0.496 e. The number of rotatable bonds is 2. The third-order valence-electron chi connectivity index (χ3n) is 2.65. The van der Waals surface area contributed by atoms with Crippen molar-refractivity contribution in [1.82, 2.24) is 0 Å². The van der Waals surface area contributed by atoms with Gasteiger partial charge < -0.3 is 14.9 Å². The first kappa shape index (κ1) is 12.0. The summed E-state index contributed by atoms with van der Waals surface area (Å²) in [5.74, 6) is 0.509. The molecule has 0 amide bonds. The number of hydrogen-bond acceptors (Lipinski definition) is 4. The number of aryl methyl sites for hydroxylation is 1. The molecule has 0 unspecified atom stereocenters. The zero-order valence-corrected chi connectivity index (χ0v) is 9.95. The van der Waals surface area contributed by atoms with Gasteiger partial charge in [-0.25, -0.2) is 4.39 Å². The smallest absolute Gasteiger partial charge is 0.209 e. The summed E-state index contributed by atoms with van der Waals surface area (Å²) in [4.78, 5) is 0. The van der Waals surface area contributed by atoms with E-state index in [-0.39, 0.29) is 11.4 Å². The standard InChI is InChI=1S/C13H11FN2O2/c1-7-12(10(6-15)13(16)18-7)9-5-8(14)3-4-11(9)17-2/h3-5H,16H2,1-2H3. The molecule has 18 heavy (non-hydrogen) atoms. The van der Waals surface area contributed by atoms with E-state index in [9.17, 15) is 4.39 Å². The van der Waals surface area contributed by atoms with Crippen molar-refractivity contribution in [3.8, 4) is 22.9 Å². The molecule has 0 bridgehead atoms. The summed E-state index contributed by atoms with van der Waals surface area (Å²) in [7, 11) is 1.47. The molecule has 4 nitrogen and oxygen atoms in total. The van der Waals surface area contributed by atoms with Crippen LogP contribution in [0.2, 0.25) is 0 Å². The second-order valence-electron chi connectivity index (χ2n) is 3.73. The molecular formula is C13H11FN2O2. The molecule has 0 saturated carbocycles. The summed E-state index contributed by atoms with van der Waals surface area (Å²) in [5, 5.41) is 9.08. The Kier molecular flexibility index (Phi) is 2.94. The van der Waals surface area contributed by atoms with E-state index in [1.54, 1.807) is 6.92 Å². The maximum atomic E-state index is 13.3. The van der Waals surface area contributed by atoms with Gasteiger partial charge in [-0.15, -0.1) is 0 Å². The van der Waals surface area contributed by atoms with Crippen molar-refractivity contribution in [2.45, 2.75) is 6.92 Å². The number of ether oxygens (including phenoxy) is 1. The molecule has 2 rings (SSSR count). The Balaban J connectivity index is 2.77. The van der Waals surface area contributed by atoms with Crippen molar-refractivity contribution < 1.29 is 13.5 Å². The topological polar surface area (TPSA) is 72.2 Å². The van der Waals surface area contributed by atoms with Gasteiger partial charge in [0.15, 0.2) is 0 Å². The number of furan rings is 1. The number of hydrogen-bond donors (Lipinski definition) is 1. The normalized spacial score (nSPS) is 10.1. The van der Waals surface area contributed by atoms with Gasteiger partial charge in [0.25, 0.3) is 0 Å². The lowest BCUT2D eigenvalue weighted by Gasteiger charge is -2.08. The van der Waals surface area contributed by atoms with E-state index < -0.39 is 5.82 Å². The number of nitrogen functional groups attached to an aromatic ring is 1. The van der Waals surface area contributed by atoms with Crippen molar-refractivity contribution in [1.29, 1.82) is 5.26 Å². The van der Waals surface area contributed by atoms with Crippen molar-refractivity contribution in [2.24, 2.45) is 0 Å². The highest BCUT2D eigenvalue weighted by Crippen LogP contribution is 2.38. The van der Waals surface area contributed by atoms with Gasteiger partial charge in [-0.3, -0.25) is 0 Å². The summed E-state index contributed by atoms with van der Waals surface area (Å²) in [6.07, 6.45) is 0. The minimum absolute atomic E-state index is 0.0244. The second-order valence-corrected chi connectivity index (χ2v) is 3.73. The van der Waals surface area contributed by atoms with Crippen LogP contribution < -0.4 is 10.5 Å². The van der Waals surface area contributed by atoms with Gasteiger partial charge in [0, 0.05) is 11.1 Å². The van der Waals surface area contributed by atoms with Gasteiger partial charge in [-0.05, 0) is 25.1 Å². The molecule has 92 valence electrons. The molecule has 1 aromatic carbocycles. The van der Waals surface area contributed by atoms with E-state index in [0.717, 1.165) is 0 Å². The average molecular weight is 246 g/mol. The Morgan fingerprint density at radius 3 is 2.78 bits per heavy atom. The fourth-order valence-electron chi connectivity index (χ4n) is 1.88. The quantitative estimate of drug-likeness (QED) is 0.884. The highest BCUT2D eigenvalue weighted by Gasteiger charge is 2.20. The third kappa shape index (κ3) is 1.78. The number of benzene rings is 1. The van der Waals surface area contributed by atoms with Gasteiger partial charge >= 0.3 is 0 Å². The molecule has 1 aromatic heterocycles. The van der Waals surface area contributed by atoms with Crippen LogP contribution in [0.1, 0.15) is 11.3 Å². The Hall–Kier alpha value is -2.48. The van der Waals surface area contributed by atoms with Crippen molar-refractivity contribution in [3.05, 3.63) is 35.3 Å². The molecule has 0 aliphatic heterocycles. The predicted octanol–water partition coefficient (Wildman–Crippen LogP) is 2.86. The molecule has 2 N–H and O–H groups in total. The van der Waals surface area contributed by atoms with Gasteiger partial charge in [-0.2, -0.15) is 5.26 Å². The van der Waals surface area contributed by atoms with Crippen LogP contribution in [0.15, 0.2) is 22.6 Å². The lowest BCUT2D eigenvalue weighted by atomic mass is 10.0. The summed E-state index contributed by atoms with van der Waals surface area (Å²) in [6, 6.07) is 6.03. The predicted molar refractivity (Wildman–Crippen MR) is 64.5 cm³/mol. The first-order chi connectivity index (χ1) is 8.58. The summed E-state index contributed by atoms with van der Waals surface area (Å²) < 4.78 is 23.7. The monoisotopic (exact) mass is 246 g/mol. The Bertz CT molecular complexity index is 641. The first-order valence-electron chi connectivity index (χ1n) is 5.21. The molecule has 0 radical (unpaired) electrons. The first-order valence-corrected chi connectivity index (χ1v) is 5.21. The summed E-state index contributed by atoms with van der Waals surface area (Å²) in [6.45, 7) is 1.66. The van der Waals surface area contributed by atoms with Crippen molar-refractivity contribution in [3.63, 3.8) is 0 Å². The highest BCUT2D eigenvalue weighted by atomic mass is 19.1. The van der Waals surface area contributed by atoms with Crippen molar-refractivity contribution in [2.75, 3.05) is 12.8 Å². The number of halogens is 1. The van der Waals surface area contributed by atoms with Crippen LogP contribution in [0.25, 0.3) is 11.1 Å². The van der Waals surface area contributed by atoms with Crippen LogP contribution in [0.4, 0.5) is 10.3 Å². The van der Waals surface area contributed by atoms with E-state index in [2.05, 4.69) is 0 Å². The second kappa shape index (κ2) is 4.41. The lowest BCUT2D eigenvalue weighted by Crippen LogP contribution is -1.92. The van der Waals surface area contributed by atoms with Crippen molar-refractivity contribution >= 4 is 5.88 Å². The number of anilines is 1. The molecule has 0 saturated heterocycles. The molecule has 2 aromatic rings. The SMILES string of the molecule is COc1ccc(F)cc1-c1c(C)oc(N)c1C#N. The van der Waals surface area contributed by atoms with Crippen LogP contribution in [-0.4, -0.2) is 7.11 Å². The Morgan fingerprint density at radius 2 is 2.17 bits per heavy atom. The highest BCUT2D eigenvalue weighted by molar-refractivity contribution is 5.81. The molecule has 5 heteroatoms. The van der Waals surface area contributed by atoms with Gasteiger partial charge in [0.2, 0.25) is 5.88 Å². The van der Waals surface area contributed by atoms with E-state index in [4.69, 9.17) is 20.1 Å². The fourth-order valence-corrected chi connectivity index (χ4v) is 1.88. The molecule has 1 heterocycles. The third-order valence-corrected chi connectivity index (χ3v) is 2.65. The fraction of sp³-hybridized carbons (Fsp3) is 0.154. The largest absolute Gasteiger partial charge is 0.496 e. The Labute approximate surface area is 103 Å². The van der Waals surface area contributed by atoms with Crippen LogP contribution in [0.5, 0.6) is 5.75 Å². The molecule has 0 spiro atoms. The molecule has 0 aliphatic carbocycles. The zero-order valence-electron chi connectivity index (χ0n) is 9.95. The van der Waals surface area contributed by atoms with Crippen LogP contribution >= 0.6 is 0 Å². The van der Waals surface area contributed by atoms with Crippen LogP contribution in [-0.2, 0) is 0 Å². The number of nitrogens with two attached hydrogens (primary N) is 1. The van der Waals surface area contributed by atoms with Crippen LogP contribution in [0.3, 0.4) is 0 Å². The number of nitrogens with zero attached hydrogens (tertiary/aromatic N) is 1. The number of methoxy groups -OCH3 is 1. The lowest BCUT2D eigenvalue weighted by molar-refractivity contribution is 0.415. The zero-order chi connectivity index (χ0) is 13.3. The van der Waals surface area contributed by atoms with Gasteiger partial charge in [0.05, 0.1) is 7.11 Å². The minimum atomic E-state index is -0.422. The molecule has 0 fully saturated rings. The van der Waals surface area contributed by atoms with Gasteiger partial charge in [0.1, 0.15) is 29.0 Å². The maximum Gasteiger partial charge on any atom is 0.209 e. The summed E-state index contributed by atoms with van der Waals surface area (Å²) >= 11 is 0. The van der Waals surface area contributed by atoms with E-state index in [1.165, 1.54) is 25.3 Å². The maximum absolute atomic E-state index is 13.3. The molecular weight excluding hydrogens is 235 g/mol.